The zero-order valence-electron chi connectivity index (χ0n) is 12.8. The average molecular weight is 294 g/mol. The minimum absolute atomic E-state index is 0.392. The van der Waals surface area contributed by atoms with E-state index in [0.29, 0.717) is 6.42 Å². The summed E-state index contributed by atoms with van der Waals surface area (Å²) in [7, 11) is 1.30. The maximum atomic E-state index is 11.7. The van der Waals surface area contributed by atoms with E-state index in [2.05, 4.69) is 10.9 Å². The lowest BCUT2D eigenvalue weighted by Gasteiger charge is -2.22. The van der Waals surface area contributed by atoms with E-state index in [0.717, 1.165) is 5.56 Å². The van der Waals surface area contributed by atoms with Crippen molar-refractivity contribution in [2.75, 3.05) is 7.11 Å². The van der Waals surface area contributed by atoms with Crippen LogP contribution in [-0.4, -0.2) is 30.8 Å². The normalized spacial score (nSPS) is 12.4. The number of ether oxygens (including phenoxy) is 2. The van der Waals surface area contributed by atoms with Gasteiger partial charge in [-0.1, -0.05) is 30.3 Å². The fourth-order valence-electron chi connectivity index (χ4n) is 1.63. The molecule has 21 heavy (non-hydrogen) atoms. The van der Waals surface area contributed by atoms with Gasteiger partial charge in [-0.05, 0) is 26.3 Å². The van der Waals surface area contributed by atoms with Crippen molar-refractivity contribution in [3.63, 3.8) is 0 Å². The molecule has 0 radical (unpaired) electrons. The Kier molecular flexibility index (Phi) is 6.17. The Hall–Kier alpha value is -2.08. The summed E-state index contributed by atoms with van der Waals surface area (Å²) in [6.45, 7) is 5.27. The summed E-state index contributed by atoms with van der Waals surface area (Å²) >= 11 is 0. The molecule has 1 amide bonds. The summed E-state index contributed by atoms with van der Waals surface area (Å²) in [6.07, 6.45) is -0.256. The molecule has 0 fully saturated rings. The van der Waals surface area contributed by atoms with Crippen LogP contribution in [0.3, 0.4) is 0 Å². The van der Waals surface area contributed by atoms with Crippen molar-refractivity contribution in [1.29, 1.82) is 0 Å². The highest BCUT2D eigenvalue weighted by Gasteiger charge is 2.22. The summed E-state index contributed by atoms with van der Waals surface area (Å²) in [5.74, 6) is -0.463. The number of amides is 1. The van der Waals surface area contributed by atoms with Gasteiger partial charge >= 0.3 is 12.1 Å². The number of nitrogens with one attached hydrogen (secondary N) is 2. The van der Waals surface area contributed by atoms with Crippen LogP contribution >= 0.6 is 0 Å². The number of esters is 1. The van der Waals surface area contributed by atoms with Crippen molar-refractivity contribution in [2.45, 2.75) is 38.8 Å². The molecule has 6 heteroatoms. The lowest BCUT2D eigenvalue weighted by atomic mass is 10.1. The second-order valence-electron chi connectivity index (χ2n) is 5.54. The molecular weight excluding hydrogens is 272 g/mol. The maximum absolute atomic E-state index is 11.7. The Balaban J connectivity index is 2.59. The molecule has 0 aliphatic heterocycles. The lowest BCUT2D eigenvalue weighted by Crippen LogP contribution is -2.50. The Labute approximate surface area is 124 Å². The van der Waals surface area contributed by atoms with E-state index in [1.165, 1.54) is 7.11 Å². The van der Waals surface area contributed by atoms with Gasteiger partial charge in [0.05, 0.1) is 7.11 Å². The molecule has 1 aromatic rings. The number of hydrogen-bond donors (Lipinski definition) is 2. The van der Waals surface area contributed by atoms with Crippen LogP contribution in [-0.2, 0) is 20.7 Å². The van der Waals surface area contributed by atoms with E-state index in [1.807, 2.05) is 30.3 Å². The van der Waals surface area contributed by atoms with Gasteiger partial charge in [-0.2, -0.15) is 0 Å². The Morgan fingerprint density at radius 2 is 1.81 bits per heavy atom. The van der Waals surface area contributed by atoms with E-state index in [1.54, 1.807) is 20.8 Å². The third-order valence-electron chi connectivity index (χ3n) is 2.52. The van der Waals surface area contributed by atoms with Gasteiger partial charge in [-0.25, -0.2) is 10.2 Å². The highest BCUT2D eigenvalue weighted by molar-refractivity contribution is 5.76. The number of benzene rings is 1. The molecule has 0 aromatic heterocycles. The standard InChI is InChI=1S/C15H22N2O4/c1-15(2,3)21-14(19)17-16-12(13(18)20-4)10-11-8-6-5-7-9-11/h5-9,12,16H,10H2,1-4H3,(H,17,19)/t12-/m0/s1. The van der Waals surface area contributed by atoms with E-state index < -0.39 is 23.7 Å². The SMILES string of the molecule is COC(=O)[C@H](Cc1ccccc1)NNC(=O)OC(C)(C)C. The van der Waals surface area contributed by atoms with Gasteiger partial charge in [-0.15, -0.1) is 0 Å². The molecule has 0 aliphatic carbocycles. The van der Waals surface area contributed by atoms with Crippen molar-refractivity contribution >= 4 is 12.1 Å². The Morgan fingerprint density at radius 3 is 2.33 bits per heavy atom. The smallest absolute Gasteiger partial charge is 0.422 e. The van der Waals surface area contributed by atoms with E-state index in [4.69, 9.17) is 9.47 Å². The first-order chi connectivity index (χ1) is 9.81. The fraction of sp³-hybridized carbons (Fsp3) is 0.467. The number of rotatable bonds is 5. The average Bonchev–Trinajstić information content (AvgIpc) is 2.41. The third kappa shape index (κ3) is 6.76. The summed E-state index contributed by atoms with van der Waals surface area (Å²) < 4.78 is 9.81. The molecule has 0 heterocycles. The maximum Gasteiger partial charge on any atom is 0.422 e. The lowest BCUT2D eigenvalue weighted by molar-refractivity contribution is -0.143. The van der Waals surface area contributed by atoms with E-state index in [-0.39, 0.29) is 0 Å². The monoisotopic (exact) mass is 294 g/mol. The minimum atomic E-state index is -0.690. The number of carbonyl (C=O) groups is 2. The van der Waals surface area contributed by atoms with Crippen LogP contribution in [0.25, 0.3) is 0 Å². The van der Waals surface area contributed by atoms with Crippen LogP contribution in [0.15, 0.2) is 30.3 Å². The van der Waals surface area contributed by atoms with Crippen molar-refractivity contribution in [1.82, 2.24) is 10.9 Å². The highest BCUT2D eigenvalue weighted by atomic mass is 16.6. The van der Waals surface area contributed by atoms with Crippen molar-refractivity contribution in [3.8, 4) is 0 Å². The molecule has 1 rings (SSSR count). The summed E-state index contributed by atoms with van der Waals surface area (Å²) in [4.78, 5) is 23.3. The number of methoxy groups -OCH3 is 1. The molecule has 0 unspecified atom stereocenters. The summed E-state index contributed by atoms with van der Waals surface area (Å²) in [5, 5.41) is 0. The van der Waals surface area contributed by atoms with Gasteiger partial charge in [-0.3, -0.25) is 10.2 Å². The van der Waals surface area contributed by atoms with Gasteiger partial charge in [0.25, 0.3) is 0 Å². The molecule has 0 saturated heterocycles. The third-order valence-corrected chi connectivity index (χ3v) is 2.52. The van der Waals surface area contributed by atoms with Gasteiger partial charge in [0, 0.05) is 6.42 Å². The Bertz CT molecular complexity index is 468. The second kappa shape index (κ2) is 7.64. The minimum Gasteiger partial charge on any atom is -0.468 e. The van der Waals surface area contributed by atoms with E-state index in [9.17, 15) is 9.59 Å². The summed E-state index contributed by atoms with van der Waals surface area (Å²) in [5.41, 5.74) is 5.35. The topological polar surface area (TPSA) is 76.7 Å². The van der Waals surface area contributed by atoms with Crippen LogP contribution < -0.4 is 10.9 Å². The molecular formula is C15H22N2O4. The quantitative estimate of drug-likeness (QED) is 0.639. The van der Waals surface area contributed by atoms with Crippen molar-refractivity contribution in [2.24, 2.45) is 0 Å². The number of hydrazine groups is 1. The van der Waals surface area contributed by atoms with Crippen LogP contribution in [0.4, 0.5) is 4.79 Å². The summed E-state index contributed by atoms with van der Waals surface area (Å²) in [6, 6.07) is 8.75. The van der Waals surface area contributed by atoms with Gasteiger partial charge in [0.15, 0.2) is 0 Å². The molecule has 0 spiro atoms. The van der Waals surface area contributed by atoms with E-state index >= 15 is 0 Å². The van der Waals surface area contributed by atoms with Crippen LogP contribution in [0.2, 0.25) is 0 Å². The van der Waals surface area contributed by atoms with Gasteiger partial charge in [0.1, 0.15) is 11.6 Å². The molecule has 2 N–H and O–H groups in total. The van der Waals surface area contributed by atoms with Crippen LogP contribution in [0.1, 0.15) is 26.3 Å². The Morgan fingerprint density at radius 1 is 1.19 bits per heavy atom. The predicted molar refractivity (Wildman–Crippen MR) is 78.5 cm³/mol. The fourth-order valence-corrected chi connectivity index (χ4v) is 1.63. The first-order valence-corrected chi connectivity index (χ1v) is 6.68. The molecule has 1 atom stereocenters. The van der Waals surface area contributed by atoms with Crippen molar-refractivity contribution in [3.05, 3.63) is 35.9 Å². The zero-order chi connectivity index (χ0) is 15.9. The van der Waals surface area contributed by atoms with Crippen molar-refractivity contribution < 1.29 is 19.1 Å². The van der Waals surface area contributed by atoms with Crippen LogP contribution in [0, 0.1) is 0 Å². The van der Waals surface area contributed by atoms with Gasteiger partial charge in [0.2, 0.25) is 0 Å². The molecule has 0 bridgehead atoms. The zero-order valence-corrected chi connectivity index (χ0v) is 12.8. The first kappa shape index (κ1) is 17.0. The highest BCUT2D eigenvalue weighted by Crippen LogP contribution is 2.07. The number of carbonyl (C=O) groups excluding carboxylic acids is 2. The second-order valence-corrected chi connectivity index (χ2v) is 5.54. The predicted octanol–water partition coefficient (Wildman–Crippen LogP) is 1.80. The largest absolute Gasteiger partial charge is 0.468 e. The molecule has 6 nitrogen and oxygen atoms in total. The first-order valence-electron chi connectivity index (χ1n) is 6.68. The molecule has 116 valence electrons. The van der Waals surface area contributed by atoms with Gasteiger partial charge < -0.3 is 9.47 Å². The molecule has 0 aliphatic rings. The number of hydrogen-bond acceptors (Lipinski definition) is 5. The van der Waals surface area contributed by atoms with Crippen LogP contribution in [0.5, 0.6) is 0 Å². The molecule has 0 saturated carbocycles. The molecule has 1 aromatic carbocycles.